The van der Waals surface area contributed by atoms with Gasteiger partial charge in [-0.1, -0.05) is 6.07 Å². The van der Waals surface area contributed by atoms with E-state index < -0.39 is 0 Å². The number of halogens is 1. The van der Waals surface area contributed by atoms with Crippen LogP contribution in [0, 0.1) is 12.7 Å². The first kappa shape index (κ1) is 14.8. The number of amides is 1. The summed E-state index contributed by atoms with van der Waals surface area (Å²) in [5, 5.41) is 10.9. The maximum absolute atomic E-state index is 13.6. The van der Waals surface area contributed by atoms with Crippen molar-refractivity contribution in [3.05, 3.63) is 64.6 Å². The fourth-order valence-electron chi connectivity index (χ4n) is 3.35. The van der Waals surface area contributed by atoms with Gasteiger partial charge in [0.25, 0.3) is 5.91 Å². The number of aryl methyl sites for hydroxylation is 1. The Kier molecular flexibility index (Phi) is 3.30. The number of nitrogens with zero attached hydrogens (tertiary/aromatic N) is 1. The molecule has 24 heavy (non-hydrogen) atoms. The number of H-pyrrole nitrogens is 1. The van der Waals surface area contributed by atoms with Gasteiger partial charge in [-0.25, -0.2) is 4.39 Å². The van der Waals surface area contributed by atoms with Crippen molar-refractivity contribution in [2.24, 2.45) is 0 Å². The van der Waals surface area contributed by atoms with Gasteiger partial charge in [0.1, 0.15) is 11.6 Å². The van der Waals surface area contributed by atoms with E-state index in [1.54, 1.807) is 23.1 Å². The molecule has 0 fully saturated rings. The number of nitrogens with one attached hydrogen (secondary N) is 1. The average Bonchev–Trinajstić information content (AvgIpc) is 2.91. The van der Waals surface area contributed by atoms with E-state index in [1.165, 1.54) is 12.1 Å². The fourth-order valence-corrected chi connectivity index (χ4v) is 3.35. The van der Waals surface area contributed by atoms with Crippen molar-refractivity contribution in [3.63, 3.8) is 0 Å². The molecule has 122 valence electrons. The van der Waals surface area contributed by atoms with Crippen LogP contribution >= 0.6 is 0 Å². The Balaban J connectivity index is 1.69. The number of carbonyl (C=O) groups excluding carboxylic acids is 1. The van der Waals surface area contributed by atoms with Gasteiger partial charge in [-0.3, -0.25) is 4.79 Å². The van der Waals surface area contributed by atoms with E-state index in [1.807, 2.05) is 13.0 Å². The second-order valence-electron chi connectivity index (χ2n) is 6.27. The molecule has 4 rings (SSSR count). The molecule has 1 aromatic heterocycles. The van der Waals surface area contributed by atoms with Crippen molar-refractivity contribution in [2.75, 3.05) is 6.54 Å². The van der Waals surface area contributed by atoms with Crippen molar-refractivity contribution in [3.8, 4) is 5.75 Å². The quantitative estimate of drug-likeness (QED) is 0.719. The molecule has 2 aromatic carbocycles. The highest BCUT2D eigenvalue weighted by Crippen LogP contribution is 2.30. The highest BCUT2D eigenvalue weighted by Gasteiger charge is 2.26. The predicted octanol–water partition coefficient (Wildman–Crippen LogP) is 3.52. The molecule has 2 heterocycles. The van der Waals surface area contributed by atoms with E-state index in [0.29, 0.717) is 25.1 Å². The van der Waals surface area contributed by atoms with E-state index in [-0.39, 0.29) is 17.5 Å². The molecule has 1 aliphatic rings. The van der Waals surface area contributed by atoms with Crippen LogP contribution in [0.1, 0.15) is 27.2 Å². The van der Waals surface area contributed by atoms with Crippen LogP contribution in [0.2, 0.25) is 0 Å². The standard InChI is InChI=1S/C19H17FN2O2/c1-11-2-4-13(18(23)8-11)19(24)22-7-6-17-15(10-22)14-9-12(20)3-5-16(14)21-17/h2-5,8-9,21,23H,6-7,10H2,1H3. The molecule has 0 saturated heterocycles. The minimum atomic E-state index is -0.288. The lowest BCUT2D eigenvalue weighted by molar-refractivity contribution is 0.0732. The molecule has 0 atom stereocenters. The van der Waals surface area contributed by atoms with Crippen LogP contribution in [0.5, 0.6) is 5.75 Å². The van der Waals surface area contributed by atoms with Gasteiger partial charge < -0.3 is 15.0 Å². The maximum Gasteiger partial charge on any atom is 0.257 e. The van der Waals surface area contributed by atoms with Gasteiger partial charge in [0.05, 0.1) is 5.56 Å². The van der Waals surface area contributed by atoms with Gasteiger partial charge in [-0.05, 0) is 42.8 Å². The third-order valence-electron chi connectivity index (χ3n) is 4.61. The first-order valence-electron chi connectivity index (χ1n) is 7.91. The Morgan fingerprint density at radius 1 is 1.25 bits per heavy atom. The van der Waals surface area contributed by atoms with Crippen LogP contribution in [-0.4, -0.2) is 27.4 Å². The average molecular weight is 324 g/mol. The molecule has 4 nitrogen and oxygen atoms in total. The summed E-state index contributed by atoms with van der Waals surface area (Å²) in [5.41, 5.74) is 4.09. The van der Waals surface area contributed by atoms with Crippen molar-refractivity contribution in [2.45, 2.75) is 19.9 Å². The van der Waals surface area contributed by atoms with Crippen LogP contribution < -0.4 is 0 Å². The van der Waals surface area contributed by atoms with Gasteiger partial charge in [-0.15, -0.1) is 0 Å². The molecule has 0 saturated carbocycles. The van der Waals surface area contributed by atoms with E-state index in [2.05, 4.69) is 4.98 Å². The largest absolute Gasteiger partial charge is 0.507 e. The molecular weight excluding hydrogens is 307 g/mol. The molecule has 0 spiro atoms. The molecular formula is C19H17FN2O2. The van der Waals surface area contributed by atoms with Gasteiger partial charge in [0, 0.05) is 41.7 Å². The number of fused-ring (bicyclic) bond motifs is 3. The Hall–Kier alpha value is -2.82. The number of aromatic hydroxyl groups is 1. The Morgan fingerprint density at radius 3 is 2.88 bits per heavy atom. The third kappa shape index (κ3) is 2.33. The summed E-state index contributed by atoms with van der Waals surface area (Å²) in [7, 11) is 0. The molecule has 2 N–H and O–H groups in total. The molecule has 5 heteroatoms. The zero-order valence-electron chi connectivity index (χ0n) is 13.3. The maximum atomic E-state index is 13.6. The minimum Gasteiger partial charge on any atom is -0.507 e. The Bertz CT molecular complexity index is 961. The minimum absolute atomic E-state index is 0.00392. The second-order valence-corrected chi connectivity index (χ2v) is 6.27. The van der Waals surface area contributed by atoms with E-state index in [4.69, 9.17) is 0 Å². The number of carbonyl (C=O) groups is 1. The lowest BCUT2D eigenvalue weighted by Gasteiger charge is -2.27. The summed E-state index contributed by atoms with van der Waals surface area (Å²) in [6.07, 6.45) is 0.685. The van der Waals surface area contributed by atoms with Crippen molar-refractivity contribution in [1.29, 1.82) is 0 Å². The summed E-state index contributed by atoms with van der Waals surface area (Å²) < 4.78 is 13.6. The normalized spacial score (nSPS) is 14.0. The smallest absolute Gasteiger partial charge is 0.257 e. The van der Waals surface area contributed by atoms with Crippen LogP contribution in [0.25, 0.3) is 10.9 Å². The summed E-state index contributed by atoms with van der Waals surface area (Å²) in [5.74, 6) is -0.497. The van der Waals surface area contributed by atoms with Crippen molar-refractivity contribution < 1.29 is 14.3 Å². The summed E-state index contributed by atoms with van der Waals surface area (Å²) >= 11 is 0. The van der Waals surface area contributed by atoms with Crippen LogP contribution in [0.3, 0.4) is 0 Å². The monoisotopic (exact) mass is 324 g/mol. The second kappa shape index (κ2) is 5.37. The van der Waals surface area contributed by atoms with E-state index in [9.17, 15) is 14.3 Å². The van der Waals surface area contributed by atoms with Crippen molar-refractivity contribution in [1.82, 2.24) is 9.88 Å². The molecule has 0 bridgehead atoms. The zero-order valence-corrected chi connectivity index (χ0v) is 13.3. The van der Waals surface area contributed by atoms with E-state index >= 15 is 0 Å². The molecule has 3 aromatic rings. The number of aromatic nitrogens is 1. The number of aromatic amines is 1. The molecule has 0 aliphatic carbocycles. The summed E-state index contributed by atoms with van der Waals surface area (Å²) in [4.78, 5) is 17.8. The number of benzene rings is 2. The summed E-state index contributed by atoms with van der Waals surface area (Å²) in [6.45, 7) is 2.83. The number of hydrogen-bond acceptors (Lipinski definition) is 2. The fraction of sp³-hybridized carbons (Fsp3) is 0.211. The highest BCUT2D eigenvalue weighted by atomic mass is 19.1. The first-order valence-corrected chi connectivity index (χ1v) is 7.91. The lowest BCUT2D eigenvalue weighted by atomic mass is 10.0. The molecule has 1 aliphatic heterocycles. The number of phenols is 1. The molecule has 1 amide bonds. The van der Waals surface area contributed by atoms with Crippen LogP contribution in [0.4, 0.5) is 4.39 Å². The number of hydrogen-bond donors (Lipinski definition) is 2. The Morgan fingerprint density at radius 2 is 2.08 bits per heavy atom. The van der Waals surface area contributed by atoms with Gasteiger partial charge in [-0.2, -0.15) is 0 Å². The highest BCUT2D eigenvalue weighted by molar-refractivity contribution is 5.97. The first-order chi connectivity index (χ1) is 11.5. The van der Waals surface area contributed by atoms with Gasteiger partial charge in [0.15, 0.2) is 0 Å². The zero-order chi connectivity index (χ0) is 16.8. The van der Waals surface area contributed by atoms with Gasteiger partial charge in [0.2, 0.25) is 0 Å². The van der Waals surface area contributed by atoms with Gasteiger partial charge >= 0.3 is 0 Å². The lowest BCUT2D eigenvalue weighted by Crippen LogP contribution is -2.35. The van der Waals surface area contributed by atoms with Crippen molar-refractivity contribution >= 4 is 16.8 Å². The van der Waals surface area contributed by atoms with E-state index in [0.717, 1.165) is 27.7 Å². The SMILES string of the molecule is Cc1ccc(C(=O)N2CCc3[nH]c4ccc(F)cc4c3C2)c(O)c1. The third-order valence-corrected chi connectivity index (χ3v) is 4.61. The predicted molar refractivity (Wildman–Crippen MR) is 89.5 cm³/mol. The number of phenolic OH excluding ortho intramolecular Hbond substituents is 1. The number of rotatable bonds is 1. The molecule has 0 unspecified atom stereocenters. The Labute approximate surface area is 138 Å². The summed E-state index contributed by atoms with van der Waals surface area (Å²) in [6, 6.07) is 9.70. The van der Waals surface area contributed by atoms with Crippen LogP contribution in [-0.2, 0) is 13.0 Å². The van der Waals surface area contributed by atoms with Crippen LogP contribution in [0.15, 0.2) is 36.4 Å². The molecule has 0 radical (unpaired) electrons. The topological polar surface area (TPSA) is 56.3 Å².